The van der Waals surface area contributed by atoms with Crippen molar-refractivity contribution in [1.29, 1.82) is 0 Å². The fourth-order valence-corrected chi connectivity index (χ4v) is 3.10. The second-order valence-corrected chi connectivity index (χ2v) is 7.49. The van der Waals surface area contributed by atoms with Crippen molar-refractivity contribution in [2.75, 3.05) is 12.0 Å². The van der Waals surface area contributed by atoms with E-state index in [0.717, 1.165) is 0 Å². The van der Waals surface area contributed by atoms with Crippen molar-refractivity contribution in [3.8, 4) is 0 Å². The van der Waals surface area contributed by atoms with Crippen LogP contribution in [-0.4, -0.2) is 30.2 Å². The lowest BCUT2D eigenvalue weighted by atomic mass is 10.1. The van der Waals surface area contributed by atoms with E-state index in [0.29, 0.717) is 17.1 Å². The Bertz CT molecular complexity index is 536. The summed E-state index contributed by atoms with van der Waals surface area (Å²) in [5, 5.41) is 3.24. The molecular formula is C11H18N2O2S2. The Morgan fingerprint density at radius 3 is 2.71 bits per heavy atom. The molecule has 0 atom stereocenters. The number of nitrogens with zero attached hydrogens (tertiary/aromatic N) is 1. The molecule has 6 heteroatoms. The van der Waals surface area contributed by atoms with Gasteiger partial charge in [-0.2, -0.15) is 0 Å². The summed E-state index contributed by atoms with van der Waals surface area (Å²) in [5.74, 6) is 0.711. The van der Waals surface area contributed by atoms with Crippen molar-refractivity contribution < 1.29 is 8.42 Å². The fraction of sp³-hybridized carbons (Fsp3) is 0.727. The van der Waals surface area contributed by atoms with E-state index in [1.54, 1.807) is 4.68 Å². The van der Waals surface area contributed by atoms with Crippen LogP contribution in [0.15, 0.2) is 6.07 Å². The highest BCUT2D eigenvalue weighted by atomic mass is 32.2. The minimum Gasteiger partial charge on any atom is -0.301 e. The first-order valence-electron chi connectivity index (χ1n) is 5.93. The molecule has 2 rings (SSSR count). The van der Waals surface area contributed by atoms with E-state index >= 15 is 0 Å². The third-order valence-electron chi connectivity index (χ3n) is 3.29. The van der Waals surface area contributed by atoms with Crippen molar-refractivity contribution in [3.05, 3.63) is 16.4 Å². The van der Waals surface area contributed by atoms with Gasteiger partial charge in [0.2, 0.25) is 0 Å². The molecule has 0 spiro atoms. The maximum absolute atomic E-state index is 11.1. The molecule has 0 radical (unpaired) electrons. The fourth-order valence-electron chi connectivity index (χ4n) is 2.32. The molecule has 1 fully saturated rings. The number of aromatic amines is 1. The molecule has 96 valence electrons. The number of sulfone groups is 1. The van der Waals surface area contributed by atoms with Gasteiger partial charge in [-0.3, -0.25) is 4.68 Å². The van der Waals surface area contributed by atoms with Crippen molar-refractivity contribution in [2.45, 2.75) is 38.1 Å². The number of aromatic nitrogens is 2. The number of hydrogen-bond acceptors (Lipinski definition) is 3. The van der Waals surface area contributed by atoms with Gasteiger partial charge >= 0.3 is 0 Å². The third-order valence-corrected chi connectivity index (χ3v) is 4.55. The van der Waals surface area contributed by atoms with Crippen LogP contribution in [0.3, 0.4) is 0 Å². The van der Waals surface area contributed by atoms with Crippen LogP contribution >= 0.6 is 12.2 Å². The standard InChI is InChI=1S/C11H18N2O2S2/c1-17(14,15)7-6-13-11(16)8-10(12-13)9-4-2-3-5-9/h8-9,12H,2-7H2,1H3. The molecule has 0 bridgehead atoms. The molecule has 0 amide bonds. The number of hydrogen-bond donors (Lipinski definition) is 1. The van der Waals surface area contributed by atoms with E-state index in [2.05, 4.69) is 5.10 Å². The smallest absolute Gasteiger partial charge is 0.149 e. The molecule has 1 aliphatic carbocycles. The summed E-state index contributed by atoms with van der Waals surface area (Å²) in [6, 6.07) is 1.98. The van der Waals surface area contributed by atoms with Crippen LogP contribution < -0.4 is 0 Å². The second kappa shape index (κ2) is 4.94. The van der Waals surface area contributed by atoms with Crippen molar-refractivity contribution in [3.63, 3.8) is 0 Å². The molecule has 0 saturated heterocycles. The van der Waals surface area contributed by atoms with Crippen LogP contribution in [0, 0.1) is 4.64 Å². The van der Waals surface area contributed by atoms with Gasteiger partial charge < -0.3 is 5.10 Å². The first kappa shape index (κ1) is 12.8. The number of rotatable bonds is 4. The van der Waals surface area contributed by atoms with Gasteiger partial charge in [0.25, 0.3) is 0 Å². The maximum Gasteiger partial charge on any atom is 0.149 e. The Kier molecular flexibility index (Phi) is 3.73. The number of H-pyrrole nitrogens is 1. The molecule has 1 saturated carbocycles. The summed E-state index contributed by atoms with van der Waals surface area (Å²) >= 11 is 5.23. The lowest BCUT2D eigenvalue weighted by Gasteiger charge is -2.06. The van der Waals surface area contributed by atoms with Gasteiger partial charge in [-0.15, -0.1) is 0 Å². The van der Waals surface area contributed by atoms with E-state index in [1.165, 1.54) is 37.6 Å². The average Bonchev–Trinajstić information content (AvgIpc) is 2.82. The normalized spacial score (nSPS) is 17.7. The van der Waals surface area contributed by atoms with Gasteiger partial charge in [-0.25, -0.2) is 8.42 Å². The molecule has 17 heavy (non-hydrogen) atoms. The summed E-state index contributed by atoms with van der Waals surface area (Å²) in [6.45, 7) is 0.421. The lowest BCUT2D eigenvalue weighted by molar-refractivity contribution is 0.577. The Morgan fingerprint density at radius 2 is 2.12 bits per heavy atom. The Hall–Kier alpha value is -0.620. The molecule has 1 N–H and O–H groups in total. The van der Waals surface area contributed by atoms with E-state index in [4.69, 9.17) is 12.2 Å². The van der Waals surface area contributed by atoms with Crippen LogP contribution in [0.5, 0.6) is 0 Å². The number of aryl methyl sites for hydroxylation is 1. The number of nitrogens with one attached hydrogen (secondary N) is 1. The predicted octanol–water partition coefficient (Wildman–Crippen LogP) is 2.25. The largest absolute Gasteiger partial charge is 0.301 e. The van der Waals surface area contributed by atoms with Gasteiger partial charge in [0.05, 0.1) is 12.3 Å². The summed E-state index contributed by atoms with van der Waals surface area (Å²) in [4.78, 5) is 0. The minimum atomic E-state index is -2.94. The lowest BCUT2D eigenvalue weighted by Crippen LogP contribution is -2.12. The molecule has 0 aliphatic heterocycles. The van der Waals surface area contributed by atoms with E-state index < -0.39 is 9.84 Å². The zero-order valence-corrected chi connectivity index (χ0v) is 11.6. The monoisotopic (exact) mass is 274 g/mol. The first-order valence-corrected chi connectivity index (χ1v) is 8.40. The van der Waals surface area contributed by atoms with Crippen LogP contribution in [-0.2, 0) is 16.4 Å². The van der Waals surface area contributed by atoms with Crippen molar-refractivity contribution >= 4 is 22.1 Å². The zero-order valence-electron chi connectivity index (χ0n) is 9.98. The van der Waals surface area contributed by atoms with Crippen molar-refractivity contribution in [1.82, 2.24) is 9.78 Å². The molecule has 4 nitrogen and oxygen atoms in total. The van der Waals surface area contributed by atoms with Crippen molar-refractivity contribution in [2.24, 2.45) is 0 Å². The summed E-state index contributed by atoms with van der Waals surface area (Å²) in [7, 11) is -2.94. The van der Waals surface area contributed by atoms with Gasteiger partial charge in [-0.05, 0) is 18.9 Å². The van der Waals surface area contributed by atoms with Gasteiger partial charge in [-0.1, -0.05) is 25.1 Å². The van der Waals surface area contributed by atoms with Gasteiger partial charge in [0, 0.05) is 17.9 Å². The first-order chi connectivity index (χ1) is 7.96. The summed E-state index contributed by atoms with van der Waals surface area (Å²) in [6.07, 6.45) is 6.22. The Labute approximate surface area is 107 Å². The quantitative estimate of drug-likeness (QED) is 0.857. The highest BCUT2D eigenvalue weighted by Crippen LogP contribution is 2.33. The van der Waals surface area contributed by atoms with E-state index in [1.807, 2.05) is 6.07 Å². The molecule has 0 unspecified atom stereocenters. The third kappa shape index (κ3) is 3.42. The summed E-state index contributed by atoms with van der Waals surface area (Å²) in [5.41, 5.74) is 1.17. The predicted molar refractivity (Wildman–Crippen MR) is 70.5 cm³/mol. The average molecular weight is 274 g/mol. The molecule has 1 aromatic heterocycles. The van der Waals surface area contributed by atoms with Crippen LogP contribution in [0.25, 0.3) is 0 Å². The highest BCUT2D eigenvalue weighted by molar-refractivity contribution is 7.90. The van der Waals surface area contributed by atoms with Crippen LogP contribution in [0.4, 0.5) is 0 Å². The molecule has 1 aliphatic rings. The van der Waals surface area contributed by atoms with Gasteiger partial charge in [0.15, 0.2) is 0 Å². The molecular weight excluding hydrogens is 256 g/mol. The Balaban J connectivity index is 2.11. The second-order valence-electron chi connectivity index (χ2n) is 4.81. The zero-order chi connectivity index (χ0) is 12.5. The Morgan fingerprint density at radius 1 is 1.47 bits per heavy atom. The van der Waals surface area contributed by atoms with Crippen LogP contribution in [0.1, 0.15) is 37.3 Å². The van der Waals surface area contributed by atoms with Crippen LogP contribution in [0.2, 0.25) is 0 Å². The van der Waals surface area contributed by atoms with Gasteiger partial charge in [0.1, 0.15) is 14.5 Å². The van der Waals surface area contributed by atoms with E-state index in [-0.39, 0.29) is 5.75 Å². The SMILES string of the molecule is CS(=O)(=O)CCn1[nH]c(C2CCCC2)cc1=S. The summed E-state index contributed by atoms with van der Waals surface area (Å²) < 4.78 is 24.7. The minimum absolute atomic E-state index is 0.131. The molecule has 0 aromatic carbocycles. The highest BCUT2D eigenvalue weighted by Gasteiger charge is 2.19. The molecule has 1 aromatic rings. The topological polar surface area (TPSA) is 54.9 Å². The molecule has 1 heterocycles. The van der Waals surface area contributed by atoms with E-state index in [9.17, 15) is 8.42 Å². The maximum atomic E-state index is 11.1.